The second kappa shape index (κ2) is 9.02. The van der Waals surface area contributed by atoms with Crippen LogP contribution in [0.25, 0.3) is 0 Å². The molecule has 0 fully saturated rings. The Balaban J connectivity index is 2.32. The number of amides is 1. The van der Waals surface area contributed by atoms with Gasteiger partial charge < -0.3 is 10.1 Å². The third kappa shape index (κ3) is 8.70. The minimum atomic E-state index is -4.57. The summed E-state index contributed by atoms with van der Waals surface area (Å²) >= 11 is 5.64. The maximum absolute atomic E-state index is 11.9. The molecule has 0 aliphatic rings. The Morgan fingerprint density at radius 2 is 1.76 bits per heavy atom. The van der Waals surface area contributed by atoms with E-state index in [1.807, 2.05) is 0 Å². The third-order valence-electron chi connectivity index (χ3n) is 2.60. The highest BCUT2D eigenvalue weighted by molar-refractivity contribution is 7.89. The van der Waals surface area contributed by atoms with Gasteiger partial charge in [0.15, 0.2) is 6.61 Å². The molecule has 0 atom stereocenters. The second-order valence-electron chi connectivity index (χ2n) is 4.65. The van der Waals surface area contributed by atoms with E-state index in [4.69, 9.17) is 11.6 Å². The van der Waals surface area contributed by atoms with E-state index in [0.717, 1.165) is 0 Å². The van der Waals surface area contributed by atoms with Crippen molar-refractivity contribution in [3.8, 4) is 0 Å². The molecule has 7 nitrogen and oxygen atoms in total. The molecule has 25 heavy (non-hydrogen) atoms. The molecule has 1 aromatic rings. The molecule has 0 radical (unpaired) electrons. The zero-order chi connectivity index (χ0) is 19.1. The Hall–Kier alpha value is -1.85. The number of nitrogens with one attached hydrogen (secondary N) is 2. The third-order valence-corrected chi connectivity index (χ3v) is 4.32. The van der Waals surface area contributed by atoms with Crippen molar-refractivity contribution in [1.82, 2.24) is 10.0 Å². The molecule has 140 valence electrons. The van der Waals surface area contributed by atoms with Gasteiger partial charge in [-0.3, -0.25) is 9.59 Å². The minimum absolute atomic E-state index is 0.0585. The number of hydrogen-bond donors (Lipinski definition) is 2. The van der Waals surface area contributed by atoms with Crippen molar-refractivity contribution in [3.05, 3.63) is 29.3 Å². The predicted octanol–water partition coefficient (Wildman–Crippen LogP) is 1.23. The highest BCUT2D eigenvalue weighted by atomic mass is 35.5. The van der Waals surface area contributed by atoms with Crippen LogP contribution in [0.3, 0.4) is 0 Å². The number of alkyl halides is 3. The van der Waals surface area contributed by atoms with Crippen molar-refractivity contribution in [2.75, 3.05) is 19.7 Å². The van der Waals surface area contributed by atoms with Crippen molar-refractivity contribution < 1.29 is 35.9 Å². The first-order valence-electron chi connectivity index (χ1n) is 6.74. The van der Waals surface area contributed by atoms with Gasteiger partial charge in [-0.2, -0.15) is 13.2 Å². The maximum Gasteiger partial charge on any atom is 0.405 e. The van der Waals surface area contributed by atoms with Crippen LogP contribution >= 0.6 is 11.6 Å². The number of rotatable bonds is 8. The number of benzene rings is 1. The Morgan fingerprint density at radius 1 is 1.16 bits per heavy atom. The minimum Gasteiger partial charge on any atom is -0.456 e. The van der Waals surface area contributed by atoms with E-state index in [9.17, 15) is 31.2 Å². The molecule has 0 heterocycles. The maximum atomic E-state index is 11.9. The molecule has 1 aromatic carbocycles. The lowest BCUT2D eigenvalue weighted by Gasteiger charge is -2.09. The SMILES string of the molecule is O=C(COC(=O)CCNS(=O)(=O)c1ccc(Cl)cc1)NCC(F)(F)F. The van der Waals surface area contributed by atoms with Crippen molar-refractivity contribution in [1.29, 1.82) is 0 Å². The Labute approximate surface area is 146 Å². The first-order valence-corrected chi connectivity index (χ1v) is 8.60. The monoisotopic (exact) mass is 402 g/mol. The fraction of sp³-hybridized carbons (Fsp3) is 0.385. The number of carbonyl (C=O) groups is 2. The topological polar surface area (TPSA) is 102 Å². The fourth-order valence-corrected chi connectivity index (χ4v) is 2.61. The van der Waals surface area contributed by atoms with E-state index in [-0.39, 0.29) is 11.4 Å². The van der Waals surface area contributed by atoms with Crippen LogP contribution in [-0.4, -0.2) is 46.2 Å². The second-order valence-corrected chi connectivity index (χ2v) is 6.86. The number of esters is 1. The van der Waals surface area contributed by atoms with Crippen molar-refractivity contribution in [3.63, 3.8) is 0 Å². The van der Waals surface area contributed by atoms with Crippen molar-refractivity contribution in [2.24, 2.45) is 0 Å². The largest absolute Gasteiger partial charge is 0.456 e. The molecule has 0 saturated heterocycles. The number of sulfonamides is 1. The summed E-state index contributed by atoms with van der Waals surface area (Å²) in [4.78, 5) is 22.3. The van der Waals surface area contributed by atoms with Gasteiger partial charge in [-0.05, 0) is 24.3 Å². The van der Waals surface area contributed by atoms with E-state index in [1.54, 1.807) is 0 Å². The summed E-state index contributed by atoms with van der Waals surface area (Å²) in [6.07, 6.45) is -4.97. The summed E-state index contributed by atoms with van der Waals surface area (Å²) in [5, 5.41) is 1.87. The van der Waals surface area contributed by atoms with Gasteiger partial charge in [0.05, 0.1) is 11.3 Å². The number of halogens is 4. The lowest BCUT2D eigenvalue weighted by molar-refractivity contribution is -0.151. The molecule has 1 rings (SSSR count). The molecule has 2 N–H and O–H groups in total. The van der Waals surface area contributed by atoms with Crippen LogP contribution in [0.4, 0.5) is 13.2 Å². The zero-order valence-electron chi connectivity index (χ0n) is 12.6. The van der Waals surface area contributed by atoms with Gasteiger partial charge >= 0.3 is 12.1 Å². The van der Waals surface area contributed by atoms with Crippen LogP contribution in [-0.2, 0) is 24.3 Å². The molecule has 0 saturated carbocycles. The first-order chi connectivity index (χ1) is 11.5. The summed E-state index contributed by atoms with van der Waals surface area (Å²) < 4.78 is 65.9. The summed E-state index contributed by atoms with van der Waals surface area (Å²) in [7, 11) is -3.85. The van der Waals surface area contributed by atoms with Crippen LogP contribution in [0.15, 0.2) is 29.2 Å². The zero-order valence-corrected chi connectivity index (χ0v) is 14.2. The van der Waals surface area contributed by atoms with Crippen LogP contribution in [0.2, 0.25) is 5.02 Å². The van der Waals surface area contributed by atoms with Gasteiger partial charge in [0, 0.05) is 11.6 Å². The van der Waals surface area contributed by atoms with Crippen molar-refractivity contribution >= 4 is 33.5 Å². The average molecular weight is 403 g/mol. The Bertz CT molecular complexity index is 707. The standard InChI is InChI=1S/C13H14ClF3N2O5S/c14-9-1-3-10(4-2-9)25(22,23)19-6-5-12(21)24-7-11(20)18-8-13(15,16)17/h1-4,19H,5-8H2,(H,18,20). The molecule has 1 amide bonds. The molecule has 12 heteroatoms. The fourth-order valence-electron chi connectivity index (χ4n) is 1.45. The van der Waals surface area contributed by atoms with Crippen LogP contribution in [0.5, 0.6) is 0 Å². The lowest BCUT2D eigenvalue weighted by atomic mass is 10.4. The van der Waals surface area contributed by atoms with Crippen molar-refractivity contribution in [2.45, 2.75) is 17.5 Å². The lowest BCUT2D eigenvalue weighted by Crippen LogP contribution is -2.36. The van der Waals surface area contributed by atoms with Gasteiger partial charge in [-0.1, -0.05) is 11.6 Å². The van der Waals surface area contributed by atoms with Gasteiger partial charge in [0.25, 0.3) is 5.91 Å². The number of carbonyl (C=O) groups excluding carboxylic acids is 2. The Morgan fingerprint density at radius 3 is 2.32 bits per heavy atom. The summed E-state index contributed by atoms with van der Waals surface area (Å²) in [6.45, 7) is -2.74. The molecule has 0 unspecified atom stereocenters. The molecule has 0 aromatic heterocycles. The summed E-state index contributed by atoms with van der Waals surface area (Å²) in [6, 6.07) is 5.30. The van der Waals surface area contributed by atoms with E-state index >= 15 is 0 Å². The van der Waals surface area contributed by atoms with Crippen LogP contribution < -0.4 is 10.0 Å². The highest BCUT2D eigenvalue weighted by Crippen LogP contribution is 2.14. The van der Waals surface area contributed by atoms with E-state index < -0.39 is 47.6 Å². The van der Waals surface area contributed by atoms with Crippen LogP contribution in [0.1, 0.15) is 6.42 Å². The Kier molecular flexibility index (Phi) is 7.64. The van der Waals surface area contributed by atoms with Gasteiger partial charge in [0.1, 0.15) is 6.54 Å². The molecule has 0 aliphatic carbocycles. The number of hydrogen-bond acceptors (Lipinski definition) is 5. The summed E-state index contributed by atoms with van der Waals surface area (Å²) in [5.74, 6) is -2.06. The van der Waals surface area contributed by atoms with E-state index in [0.29, 0.717) is 5.02 Å². The predicted molar refractivity (Wildman–Crippen MR) is 81.3 cm³/mol. The number of ether oxygens (including phenoxy) is 1. The molecular formula is C13H14ClF3N2O5S. The van der Waals surface area contributed by atoms with E-state index in [1.165, 1.54) is 29.6 Å². The molecule has 0 aliphatic heterocycles. The molecule has 0 spiro atoms. The first kappa shape index (κ1) is 21.2. The van der Waals surface area contributed by atoms with E-state index in [2.05, 4.69) is 9.46 Å². The normalized spacial score (nSPS) is 11.8. The average Bonchev–Trinajstić information content (AvgIpc) is 2.50. The summed E-state index contributed by atoms with van der Waals surface area (Å²) in [5.41, 5.74) is 0. The quantitative estimate of drug-likeness (QED) is 0.637. The van der Waals surface area contributed by atoms with Gasteiger partial charge in [-0.15, -0.1) is 0 Å². The highest BCUT2D eigenvalue weighted by Gasteiger charge is 2.27. The molecule has 0 bridgehead atoms. The molecular weight excluding hydrogens is 389 g/mol. The van der Waals surface area contributed by atoms with Crippen LogP contribution in [0, 0.1) is 0 Å². The van der Waals surface area contributed by atoms with Gasteiger partial charge in [0.2, 0.25) is 10.0 Å². The smallest absolute Gasteiger partial charge is 0.405 e. The van der Waals surface area contributed by atoms with Gasteiger partial charge in [-0.25, -0.2) is 13.1 Å².